The van der Waals surface area contributed by atoms with Crippen LogP contribution in [0.25, 0.3) is 0 Å². The first-order valence-corrected chi connectivity index (χ1v) is 5.74. The van der Waals surface area contributed by atoms with E-state index in [4.69, 9.17) is 10.5 Å². The number of hydrogen-bond donors (Lipinski definition) is 2. The minimum absolute atomic E-state index is 0.230. The van der Waals surface area contributed by atoms with E-state index in [1.807, 2.05) is 43.3 Å². The van der Waals surface area contributed by atoms with Crippen LogP contribution in [-0.4, -0.2) is 49.9 Å². The van der Waals surface area contributed by atoms with Crippen LogP contribution < -0.4 is 10.5 Å². The topological polar surface area (TPSA) is 58.7 Å². The van der Waals surface area contributed by atoms with Gasteiger partial charge in [0, 0.05) is 12.6 Å². The summed E-state index contributed by atoms with van der Waals surface area (Å²) in [5.41, 5.74) is 6.97. The number of aliphatic hydroxyl groups is 1. The normalized spacial score (nSPS) is 14.7. The van der Waals surface area contributed by atoms with Gasteiger partial charge in [0.15, 0.2) is 0 Å². The molecule has 0 heterocycles. The van der Waals surface area contributed by atoms with Gasteiger partial charge in [-0.05, 0) is 38.2 Å². The van der Waals surface area contributed by atoms with Crippen LogP contribution in [0.5, 0.6) is 5.75 Å². The molecule has 0 aliphatic heterocycles. The molecule has 17 heavy (non-hydrogen) atoms. The number of nitrogens with two attached hydrogens (primary N) is 1. The van der Waals surface area contributed by atoms with Crippen molar-refractivity contribution in [1.29, 1.82) is 0 Å². The second kappa shape index (κ2) is 6.59. The molecule has 0 aliphatic carbocycles. The molecule has 2 unspecified atom stereocenters. The van der Waals surface area contributed by atoms with Gasteiger partial charge in [-0.3, -0.25) is 0 Å². The molecule has 1 aromatic carbocycles. The van der Waals surface area contributed by atoms with Gasteiger partial charge in [0.05, 0.1) is 13.2 Å². The van der Waals surface area contributed by atoms with Crippen molar-refractivity contribution >= 4 is 0 Å². The molecule has 0 spiro atoms. The zero-order valence-electron chi connectivity index (χ0n) is 10.8. The Balaban J connectivity index is 2.51. The molecule has 2 atom stereocenters. The maximum Gasteiger partial charge on any atom is 0.118 e. The van der Waals surface area contributed by atoms with Gasteiger partial charge in [-0.2, -0.15) is 0 Å². The zero-order chi connectivity index (χ0) is 12.8. The number of nitrogens with zero attached hydrogens (tertiary/aromatic N) is 1. The van der Waals surface area contributed by atoms with Gasteiger partial charge in [-0.1, -0.05) is 12.1 Å². The summed E-state index contributed by atoms with van der Waals surface area (Å²) in [5.74, 6) is 0.820. The van der Waals surface area contributed by atoms with Crippen molar-refractivity contribution in [2.45, 2.75) is 18.6 Å². The zero-order valence-corrected chi connectivity index (χ0v) is 10.8. The number of likely N-dealkylation sites (N-methyl/N-ethyl adjacent to an activating group) is 1. The third-order valence-corrected chi connectivity index (χ3v) is 2.67. The van der Waals surface area contributed by atoms with Gasteiger partial charge < -0.3 is 20.5 Å². The molecule has 0 saturated heterocycles. The molecule has 3 N–H and O–H groups in total. The van der Waals surface area contributed by atoms with E-state index in [2.05, 4.69) is 0 Å². The van der Waals surface area contributed by atoms with E-state index < -0.39 is 6.10 Å². The minimum atomic E-state index is -0.522. The Morgan fingerprint density at radius 2 is 1.88 bits per heavy atom. The van der Waals surface area contributed by atoms with Crippen LogP contribution in [0.15, 0.2) is 24.3 Å². The average molecular weight is 238 g/mol. The van der Waals surface area contributed by atoms with Gasteiger partial charge in [-0.15, -0.1) is 0 Å². The van der Waals surface area contributed by atoms with Gasteiger partial charge in [0.2, 0.25) is 0 Å². The third kappa shape index (κ3) is 4.73. The highest BCUT2D eigenvalue weighted by Gasteiger charge is 2.15. The van der Waals surface area contributed by atoms with Gasteiger partial charge in [0.1, 0.15) is 5.75 Å². The fourth-order valence-corrected chi connectivity index (χ4v) is 1.70. The Morgan fingerprint density at radius 1 is 1.29 bits per heavy atom. The number of aliphatic hydroxyl groups excluding tert-OH is 1. The molecule has 0 aromatic heterocycles. The smallest absolute Gasteiger partial charge is 0.118 e. The molecule has 4 nitrogen and oxygen atoms in total. The Bertz CT molecular complexity index is 325. The molecular formula is C13H22N2O2. The van der Waals surface area contributed by atoms with Crippen LogP contribution in [0.4, 0.5) is 0 Å². The monoisotopic (exact) mass is 238 g/mol. The Kier molecular flexibility index (Phi) is 5.41. The van der Waals surface area contributed by atoms with Crippen molar-refractivity contribution in [3.8, 4) is 5.75 Å². The summed E-state index contributed by atoms with van der Waals surface area (Å²) in [6.45, 7) is 0.678. The lowest BCUT2D eigenvalue weighted by atomic mass is 10.0. The lowest BCUT2D eigenvalue weighted by molar-refractivity contribution is 0.129. The predicted octanol–water partition coefficient (Wildman–Crippen LogP) is 0.488. The summed E-state index contributed by atoms with van der Waals surface area (Å²) in [5, 5.41) is 9.96. The van der Waals surface area contributed by atoms with E-state index in [0.717, 1.165) is 11.3 Å². The van der Waals surface area contributed by atoms with E-state index in [-0.39, 0.29) is 6.04 Å². The van der Waals surface area contributed by atoms with Crippen LogP contribution in [0, 0.1) is 0 Å². The molecule has 96 valence electrons. The molecule has 1 rings (SSSR count). The highest BCUT2D eigenvalue weighted by molar-refractivity contribution is 5.27. The molecule has 0 amide bonds. The summed E-state index contributed by atoms with van der Waals surface area (Å²) in [6, 6.07) is 7.44. The first-order valence-electron chi connectivity index (χ1n) is 5.74. The third-order valence-electron chi connectivity index (χ3n) is 2.67. The number of hydrogen-bond acceptors (Lipinski definition) is 4. The molecule has 1 aromatic rings. The highest BCUT2D eigenvalue weighted by Crippen LogP contribution is 2.13. The largest absolute Gasteiger partial charge is 0.497 e. The standard InChI is InChI=1S/C13H22N2O2/c1-15(2)9-12(14)13(16)8-10-4-6-11(17-3)7-5-10/h4-7,12-13,16H,8-9,14H2,1-3H3. The van der Waals surface area contributed by atoms with Gasteiger partial charge in [-0.25, -0.2) is 0 Å². The molecule has 0 saturated carbocycles. The van der Waals surface area contributed by atoms with Crippen molar-refractivity contribution in [2.75, 3.05) is 27.7 Å². The second-order valence-corrected chi connectivity index (χ2v) is 4.55. The summed E-state index contributed by atoms with van der Waals surface area (Å²) in [4.78, 5) is 1.97. The summed E-state index contributed by atoms with van der Waals surface area (Å²) < 4.78 is 5.08. The first kappa shape index (κ1) is 14.0. The first-order chi connectivity index (χ1) is 8.02. The lowest BCUT2D eigenvalue weighted by Gasteiger charge is -2.22. The Morgan fingerprint density at radius 3 is 2.35 bits per heavy atom. The SMILES string of the molecule is COc1ccc(CC(O)C(N)CN(C)C)cc1. The summed E-state index contributed by atoms with van der Waals surface area (Å²) in [6.07, 6.45) is 0.0460. The molecule has 0 fully saturated rings. The fourth-order valence-electron chi connectivity index (χ4n) is 1.70. The van der Waals surface area contributed by atoms with Crippen LogP contribution in [-0.2, 0) is 6.42 Å². The molecule has 4 heteroatoms. The minimum Gasteiger partial charge on any atom is -0.497 e. The second-order valence-electron chi connectivity index (χ2n) is 4.55. The van der Waals surface area contributed by atoms with Crippen LogP contribution in [0.3, 0.4) is 0 Å². The van der Waals surface area contributed by atoms with E-state index in [9.17, 15) is 5.11 Å². The van der Waals surface area contributed by atoms with Crippen LogP contribution in [0.1, 0.15) is 5.56 Å². The fraction of sp³-hybridized carbons (Fsp3) is 0.538. The predicted molar refractivity (Wildman–Crippen MR) is 69.2 cm³/mol. The quantitative estimate of drug-likeness (QED) is 0.757. The summed E-state index contributed by atoms with van der Waals surface area (Å²) >= 11 is 0. The van der Waals surface area contributed by atoms with E-state index in [1.165, 1.54) is 0 Å². The van der Waals surface area contributed by atoms with E-state index >= 15 is 0 Å². The highest BCUT2D eigenvalue weighted by atomic mass is 16.5. The maximum absolute atomic E-state index is 9.96. The summed E-state index contributed by atoms with van der Waals surface area (Å²) in [7, 11) is 5.52. The Labute approximate surface area is 103 Å². The van der Waals surface area contributed by atoms with Crippen LogP contribution >= 0.6 is 0 Å². The molecule has 0 aliphatic rings. The number of benzene rings is 1. The van der Waals surface area contributed by atoms with Crippen molar-refractivity contribution in [1.82, 2.24) is 4.90 Å². The van der Waals surface area contributed by atoms with Crippen molar-refractivity contribution in [2.24, 2.45) is 5.73 Å². The average Bonchev–Trinajstić information content (AvgIpc) is 2.29. The van der Waals surface area contributed by atoms with Crippen molar-refractivity contribution in [3.63, 3.8) is 0 Å². The van der Waals surface area contributed by atoms with Crippen molar-refractivity contribution < 1.29 is 9.84 Å². The molecule has 0 radical (unpaired) electrons. The molecular weight excluding hydrogens is 216 g/mol. The Hall–Kier alpha value is -1.10. The van der Waals surface area contributed by atoms with E-state index in [1.54, 1.807) is 7.11 Å². The number of ether oxygens (including phenoxy) is 1. The van der Waals surface area contributed by atoms with E-state index in [0.29, 0.717) is 13.0 Å². The van der Waals surface area contributed by atoms with Crippen molar-refractivity contribution in [3.05, 3.63) is 29.8 Å². The number of methoxy groups -OCH3 is 1. The maximum atomic E-state index is 9.96. The van der Waals surface area contributed by atoms with Crippen LogP contribution in [0.2, 0.25) is 0 Å². The molecule has 0 bridgehead atoms. The van der Waals surface area contributed by atoms with Gasteiger partial charge >= 0.3 is 0 Å². The van der Waals surface area contributed by atoms with Gasteiger partial charge in [0.25, 0.3) is 0 Å². The lowest BCUT2D eigenvalue weighted by Crippen LogP contribution is -2.43. The number of rotatable bonds is 6.